The monoisotopic (exact) mass is 431 g/mol. The van der Waals surface area contributed by atoms with Crippen molar-refractivity contribution in [3.8, 4) is 0 Å². The summed E-state index contributed by atoms with van der Waals surface area (Å²) in [6, 6.07) is 9.66. The van der Waals surface area contributed by atoms with Crippen molar-refractivity contribution in [2.75, 3.05) is 27.2 Å². The van der Waals surface area contributed by atoms with Crippen molar-refractivity contribution in [2.45, 2.75) is 12.3 Å². The predicted molar refractivity (Wildman–Crippen MR) is 120 cm³/mol. The summed E-state index contributed by atoms with van der Waals surface area (Å²) in [6.45, 7) is 1.17. The number of pyridine rings is 1. The molecule has 4 aromatic rings. The van der Waals surface area contributed by atoms with Gasteiger partial charge in [-0.2, -0.15) is 0 Å². The van der Waals surface area contributed by atoms with Crippen LogP contribution in [0.2, 0.25) is 0 Å². The zero-order valence-electron chi connectivity index (χ0n) is 17.3. The van der Waals surface area contributed by atoms with Crippen LogP contribution in [0, 0.1) is 0 Å². The minimum Gasteiger partial charge on any atom is -0.344 e. The Morgan fingerprint density at radius 1 is 1.13 bits per heavy atom. The molecule has 7 nitrogen and oxygen atoms in total. The van der Waals surface area contributed by atoms with E-state index in [0.29, 0.717) is 23.5 Å². The zero-order valence-corrected chi connectivity index (χ0v) is 18.1. The summed E-state index contributed by atoms with van der Waals surface area (Å²) in [5.41, 5.74) is 3.13. The van der Waals surface area contributed by atoms with Gasteiger partial charge in [0.05, 0.1) is 16.0 Å². The number of hydrogen-bond acceptors (Lipinski definition) is 6. The molecule has 4 heterocycles. The van der Waals surface area contributed by atoms with Crippen molar-refractivity contribution in [2.24, 2.45) is 0 Å². The molecule has 1 aromatic carbocycles. The molecule has 0 N–H and O–H groups in total. The van der Waals surface area contributed by atoms with E-state index in [1.807, 2.05) is 35.2 Å². The Labute approximate surface area is 183 Å². The fraction of sp³-hybridized carbons (Fsp3) is 0.261. The summed E-state index contributed by atoms with van der Waals surface area (Å²) in [5.74, 6) is -0.0446. The Kier molecular flexibility index (Phi) is 4.86. The highest BCUT2D eigenvalue weighted by atomic mass is 32.1. The average molecular weight is 432 g/mol. The van der Waals surface area contributed by atoms with Crippen LogP contribution in [0.25, 0.3) is 21.3 Å². The number of thiophene rings is 1. The third-order valence-corrected chi connectivity index (χ3v) is 6.78. The van der Waals surface area contributed by atoms with Crippen LogP contribution in [0.5, 0.6) is 0 Å². The van der Waals surface area contributed by atoms with Gasteiger partial charge in [0.1, 0.15) is 10.3 Å². The van der Waals surface area contributed by atoms with Crippen molar-refractivity contribution in [1.82, 2.24) is 24.8 Å². The number of para-hydroxylation sites is 1. The van der Waals surface area contributed by atoms with Gasteiger partial charge in [-0.15, -0.1) is 11.3 Å². The summed E-state index contributed by atoms with van der Waals surface area (Å²) in [7, 11) is 3.49. The van der Waals surface area contributed by atoms with Gasteiger partial charge in [-0.1, -0.05) is 18.2 Å². The maximum atomic E-state index is 13.2. The Morgan fingerprint density at radius 3 is 2.77 bits per heavy atom. The molecule has 1 saturated heterocycles. The lowest BCUT2D eigenvalue weighted by Gasteiger charge is -2.18. The fourth-order valence-electron chi connectivity index (χ4n) is 4.14. The molecule has 2 amide bonds. The topological polar surface area (TPSA) is 79.3 Å². The Morgan fingerprint density at radius 2 is 1.94 bits per heavy atom. The molecule has 0 spiro atoms. The third-order valence-electron chi connectivity index (χ3n) is 5.68. The van der Waals surface area contributed by atoms with Crippen LogP contribution in [-0.2, 0) is 0 Å². The van der Waals surface area contributed by atoms with Crippen LogP contribution < -0.4 is 0 Å². The number of aromatic nitrogens is 3. The molecule has 0 bridgehead atoms. The molecule has 0 aliphatic carbocycles. The molecule has 1 aliphatic heterocycles. The van der Waals surface area contributed by atoms with Crippen LogP contribution in [0.15, 0.2) is 48.9 Å². The van der Waals surface area contributed by atoms with Gasteiger partial charge >= 0.3 is 0 Å². The summed E-state index contributed by atoms with van der Waals surface area (Å²) in [5, 5.41) is 0.946. The number of amides is 2. The fourth-order valence-corrected chi connectivity index (χ4v) is 5.34. The second kappa shape index (κ2) is 7.70. The maximum Gasteiger partial charge on any atom is 0.263 e. The molecule has 8 heteroatoms. The third kappa shape index (κ3) is 3.42. The summed E-state index contributed by atoms with van der Waals surface area (Å²) >= 11 is 1.38. The molecular weight excluding hydrogens is 410 g/mol. The van der Waals surface area contributed by atoms with Crippen LogP contribution in [0.4, 0.5) is 0 Å². The van der Waals surface area contributed by atoms with Crippen molar-refractivity contribution in [3.63, 3.8) is 0 Å². The van der Waals surface area contributed by atoms with E-state index in [2.05, 4.69) is 15.0 Å². The first-order valence-corrected chi connectivity index (χ1v) is 10.9. The van der Waals surface area contributed by atoms with E-state index in [1.54, 1.807) is 37.6 Å². The van der Waals surface area contributed by atoms with Crippen LogP contribution >= 0.6 is 11.3 Å². The normalized spacial score (nSPS) is 16.2. The number of carbonyl (C=O) groups excluding carboxylic acids is 2. The van der Waals surface area contributed by atoms with Gasteiger partial charge in [-0.25, -0.2) is 4.98 Å². The molecule has 0 radical (unpaired) electrons. The van der Waals surface area contributed by atoms with E-state index >= 15 is 0 Å². The van der Waals surface area contributed by atoms with Crippen molar-refractivity contribution in [3.05, 3.63) is 64.9 Å². The second-order valence-corrected chi connectivity index (χ2v) is 8.91. The zero-order chi connectivity index (χ0) is 21.5. The first-order chi connectivity index (χ1) is 15.0. The van der Waals surface area contributed by atoms with Gasteiger partial charge in [-0.3, -0.25) is 19.6 Å². The summed E-state index contributed by atoms with van der Waals surface area (Å²) in [4.78, 5) is 44.2. The second-order valence-electron chi connectivity index (χ2n) is 7.91. The number of likely N-dealkylation sites (tertiary alicyclic amines) is 1. The van der Waals surface area contributed by atoms with Gasteiger partial charge in [0, 0.05) is 62.6 Å². The first-order valence-electron chi connectivity index (χ1n) is 10.1. The number of hydrogen-bond donors (Lipinski definition) is 0. The largest absolute Gasteiger partial charge is 0.344 e. The lowest BCUT2D eigenvalue weighted by atomic mass is 9.97. The lowest BCUT2D eigenvalue weighted by molar-refractivity contribution is 0.0790. The van der Waals surface area contributed by atoms with E-state index in [1.165, 1.54) is 11.3 Å². The molecule has 0 unspecified atom stereocenters. The Hall–Kier alpha value is -3.39. The van der Waals surface area contributed by atoms with E-state index < -0.39 is 0 Å². The molecule has 1 atom stereocenters. The molecule has 0 saturated carbocycles. The highest BCUT2D eigenvalue weighted by molar-refractivity contribution is 7.20. The number of benzene rings is 1. The van der Waals surface area contributed by atoms with Crippen molar-refractivity contribution in [1.29, 1.82) is 0 Å². The quantitative estimate of drug-likeness (QED) is 0.495. The molecule has 31 heavy (non-hydrogen) atoms. The average Bonchev–Trinajstić information content (AvgIpc) is 3.42. The molecule has 156 valence electrons. The molecule has 1 aliphatic rings. The molecule has 1 fully saturated rings. The number of nitrogens with zero attached hydrogens (tertiary/aromatic N) is 5. The lowest BCUT2D eigenvalue weighted by Crippen LogP contribution is -2.29. The standard InChI is InChI=1S/C23H21N5O2S/c1-27(2)23(30)20-18(19-21(31-20)25-9-8-24-19)15-7-10-28(13-15)22(29)16-11-14-5-3-4-6-17(14)26-12-16/h3-6,8-9,11-12,15H,7,10,13H2,1-2H3/t15-/m1/s1. The predicted octanol–water partition coefficient (Wildman–Crippen LogP) is 3.57. The highest BCUT2D eigenvalue weighted by Gasteiger charge is 2.34. The van der Waals surface area contributed by atoms with Crippen LogP contribution in [-0.4, -0.2) is 63.8 Å². The van der Waals surface area contributed by atoms with Gasteiger partial charge in [0.2, 0.25) is 0 Å². The Bertz CT molecular complexity index is 1320. The van der Waals surface area contributed by atoms with E-state index in [0.717, 1.165) is 33.2 Å². The van der Waals surface area contributed by atoms with Crippen molar-refractivity contribution >= 4 is 44.4 Å². The number of carbonyl (C=O) groups is 2. The molecule has 3 aromatic heterocycles. The van der Waals surface area contributed by atoms with E-state index in [9.17, 15) is 9.59 Å². The van der Waals surface area contributed by atoms with Gasteiger partial charge < -0.3 is 9.80 Å². The first kappa shape index (κ1) is 19.6. The highest BCUT2D eigenvalue weighted by Crippen LogP contribution is 2.39. The van der Waals surface area contributed by atoms with Gasteiger partial charge in [0.15, 0.2) is 0 Å². The van der Waals surface area contributed by atoms with Gasteiger partial charge in [-0.05, 0) is 18.6 Å². The minimum absolute atomic E-state index is 0.0353. The molecular formula is C23H21N5O2S. The van der Waals surface area contributed by atoms with E-state index in [4.69, 9.17) is 0 Å². The summed E-state index contributed by atoms with van der Waals surface area (Å²) in [6.07, 6.45) is 5.72. The summed E-state index contributed by atoms with van der Waals surface area (Å²) < 4.78 is 0. The number of rotatable bonds is 3. The Balaban J connectivity index is 1.46. The van der Waals surface area contributed by atoms with Crippen molar-refractivity contribution < 1.29 is 9.59 Å². The smallest absolute Gasteiger partial charge is 0.263 e. The van der Waals surface area contributed by atoms with Crippen LogP contribution in [0.1, 0.15) is 37.9 Å². The molecule has 5 rings (SSSR count). The maximum absolute atomic E-state index is 13.2. The van der Waals surface area contributed by atoms with Crippen LogP contribution in [0.3, 0.4) is 0 Å². The minimum atomic E-state index is -0.0525. The number of fused-ring (bicyclic) bond motifs is 2. The van der Waals surface area contributed by atoms with Gasteiger partial charge in [0.25, 0.3) is 11.8 Å². The SMILES string of the molecule is CN(C)C(=O)c1sc2nccnc2c1[C@@H]1CCN(C(=O)c2cnc3ccccc3c2)C1. The van der Waals surface area contributed by atoms with E-state index in [-0.39, 0.29) is 17.7 Å².